The van der Waals surface area contributed by atoms with E-state index in [-0.39, 0.29) is 21.3 Å². The van der Waals surface area contributed by atoms with Crippen LogP contribution in [0.15, 0.2) is 60.9 Å². The number of aliphatic hydroxyl groups is 1. The van der Waals surface area contributed by atoms with Gasteiger partial charge in [-0.05, 0) is 58.7 Å². The molecule has 16 heteroatoms. The van der Waals surface area contributed by atoms with E-state index in [9.17, 15) is 5.11 Å². The van der Waals surface area contributed by atoms with Crippen LogP contribution in [0.5, 0.6) is 5.75 Å². The number of morpholine rings is 1. The summed E-state index contributed by atoms with van der Waals surface area (Å²) in [4.78, 5) is 11.5. The molecule has 1 N–H and O–H groups in total. The summed E-state index contributed by atoms with van der Waals surface area (Å²) in [5, 5.41) is 10.3. The quantitative estimate of drug-likeness (QED) is 0.252. The average Bonchev–Trinajstić information content (AvgIpc) is 2.91. The molecule has 0 aliphatic carbocycles. The van der Waals surface area contributed by atoms with Gasteiger partial charge in [-0.15, -0.1) is 0 Å². The van der Waals surface area contributed by atoms with Crippen molar-refractivity contribution in [1.82, 2.24) is 9.97 Å². The summed E-state index contributed by atoms with van der Waals surface area (Å²) >= 11 is 6.44. The summed E-state index contributed by atoms with van der Waals surface area (Å²) in [6.07, 6.45) is 0.374. The molecule has 3 aromatic carbocycles. The number of anilines is 1. The van der Waals surface area contributed by atoms with E-state index in [0.29, 0.717) is 33.5 Å². The minimum absolute atomic E-state index is 0.127. The minimum atomic E-state index is -1.07. The molecule has 1 aliphatic rings. The van der Waals surface area contributed by atoms with Gasteiger partial charge in [0.2, 0.25) is 0 Å². The van der Waals surface area contributed by atoms with Gasteiger partial charge in [0, 0.05) is 38.0 Å². The van der Waals surface area contributed by atoms with Crippen molar-refractivity contribution in [2.45, 2.75) is 27.6 Å². The van der Waals surface area contributed by atoms with E-state index in [2.05, 4.69) is 77.6 Å². The van der Waals surface area contributed by atoms with E-state index in [4.69, 9.17) is 21.1 Å². The van der Waals surface area contributed by atoms with E-state index in [1.165, 1.54) is 12.4 Å². The summed E-state index contributed by atoms with van der Waals surface area (Å²) in [7, 11) is 18.8. The van der Waals surface area contributed by atoms with E-state index in [0.717, 1.165) is 5.69 Å². The number of hydrogen-bond donors (Lipinski definition) is 1. The fourth-order valence-electron chi connectivity index (χ4n) is 6.09. The van der Waals surface area contributed by atoms with Gasteiger partial charge in [0.25, 0.3) is 0 Å². The Bertz CT molecular complexity index is 1650. The maximum atomic E-state index is 15.5. The fraction of sp³-hybridized carbons (Fsp3) is 0.231. The van der Waals surface area contributed by atoms with Gasteiger partial charge >= 0.3 is 0 Å². The minimum Gasteiger partial charge on any atom is -0.497 e. The molecule has 1 aliphatic heterocycles. The maximum Gasteiger partial charge on any atom is 0.134 e. The molecule has 1 aromatic heterocycles. The average molecular weight is 574 g/mol. The van der Waals surface area contributed by atoms with Crippen LogP contribution >= 0.6 is 11.6 Å². The summed E-state index contributed by atoms with van der Waals surface area (Å²) in [5.74, 6) is 0.133. The van der Waals surface area contributed by atoms with Gasteiger partial charge in [-0.2, -0.15) is 0 Å². The second-order valence-corrected chi connectivity index (χ2v) is 13.4. The van der Waals surface area contributed by atoms with Crippen LogP contribution in [0.4, 0.5) is 10.1 Å². The number of benzene rings is 3. The van der Waals surface area contributed by atoms with Crippen molar-refractivity contribution < 1.29 is 19.0 Å². The van der Waals surface area contributed by atoms with Crippen LogP contribution in [-0.2, 0) is 4.74 Å². The molecule has 42 heavy (non-hydrogen) atoms. The Balaban J connectivity index is 1.62. The van der Waals surface area contributed by atoms with Crippen LogP contribution in [0.1, 0.15) is 17.2 Å². The monoisotopic (exact) mass is 575 g/mol. The summed E-state index contributed by atoms with van der Waals surface area (Å²) in [5.41, 5.74) is 3.30. The van der Waals surface area contributed by atoms with E-state index >= 15 is 4.39 Å². The molecule has 0 saturated carbocycles. The molecule has 1 atom stereocenters. The molecule has 206 valence electrons. The smallest absolute Gasteiger partial charge is 0.134 e. The topological polar surface area (TPSA) is 67.7 Å². The normalized spacial score (nSPS) is 19.3. The molecule has 2 heterocycles. The van der Waals surface area contributed by atoms with E-state index in [1.807, 2.05) is 18.2 Å². The molecule has 1 fully saturated rings. The Kier molecular flexibility index (Phi) is 7.65. The standard InChI is InChI=1S/C26H31B8ClFN3O3/c1-41-14-5-2-12(3-6-14)22(40)16-9-17(19(36)10-18(16)35)21-15-7-4-13(8-20(15)37-11-38-21)39-23(27,28)25(31,32)42-26(33,34)24(39,29)30/h2-11,22,40H,27-34H2,1H3. The zero-order valence-electron chi connectivity index (χ0n) is 25.7. The third-order valence-corrected chi connectivity index (χ3v) is 9.85. The first-order valence-corrected chi connectivity index (χ1v) is 14.5. The van der Waals surface area contributed by atoms with Crippen LogP contribution in [0, 0.1) is 5.82 Å². The SMILES string of the molecule is BC1(B)OC(B)(B)C(B)(B)N(c2ccc3c(-c4cc(C(O)c5ccc(OC)cc5)c(Cl)cc4F)ncnc3c2)C1(B)B. The first-order chi connectivity index (χ1) is 19.5. The Morgan fingerprint density at radius 3 is 2.12 bits per heavy atom. The Morgan fingerprint density at radius 2 is 1.52 bits per heavy atom. The lowest BCUT2D eigenvalue weighted by molar-refractivity contribution is -0.0253. The molecular weight excluding hydrogens is 543 g/mol. The number of fused-ring (bicyclic) bond motifs is 1. The number of methoxy groups -OCH3 is 1. The molecule has 4 aromatic rings. The molecule has 0 radical (unpaired) electrons. The first kappa shape index (κ1) is 30.7. The number of nitrogens with zero attached hydrogens (tertiary/aromatic N) is 3. The number of hydrogen-bond acceptors (Lipinski definition) is 6. The number of rotatable bonds is 5. The van der Waals surface area contributed by atoms with Gasteiger partial charge < -0.3 is 19.5 Å². The number of aromatic nitrogens is 2. The van der Waals surface area contributed by atoms with Crippen LogP contribution in [0.3, 0.4) is 0 Å². The van der Waals surface area contributed by atoms with Gasteiger partial charge in [0.1, 0.15) is 86.8 Å². The maximum absolute atomic E-state index is 15.5. The summed E-state index contributed by atoms with van der Waals surface area (Å²) in [6.45, 7) is 0. The van der Waals surface area contributed by atoms with Crippen molar-refractivity contribution in [1.29, 1.82) is 0 Å². The molecule has 0 bridgehead atoms. The lowest BCUT2D eigenvalue weighted by Crippen LogP contribution is -2.86. The highest BCUT2D eigenvalue weighted by molar-refractivity contribution is 6.61. The predicted molar refractivity (Wildman–Crippen MR) is 190 cm³/mol. The summed E-state index contributed by atoms with van der Waals surface area (Å²) < 4.78 is 27.4. The van der Waals surface area contributed by atoms with E-state index < -0.39 is 22.7 Å². The van der Waals surface area contributed by atoms with Crippen molar-refractivity contribution in [3.8, 4) is 17.0 Å². The van der Waals surface area contributed by atoms with Gasteiger partial charge in [-0.3, -0.25) is 0 Å². The zero-order valence-corrected chi connectivity index (χ0v) is 26.5. The lowest BCUT2D eigenvalue weighted by atomic mass is 9.30. The van der Waals surface area contributed by atoms with Crippen molar-refractivity contribution in [3.63, 3.8) is 0 Å². The van der Waals surface area contributed by atoms with Gasteiger partial charge in [-0.1, -0.05) is 23.7 Å². The number of ether oxygens (including phenoxy) is 2. The Morgan fingerprint density at radius 1 is 0.905 bits per heavy atom. The highest BCUT2D eigenvalue weighted by Gasteiger charge is 2.58. The molecule has 0 spiro atoms. The second-order valence-electron chi connectivity index (χ2n) is 13.0. The van der Waals surface area contributed by atoms with Crippen molar-refractivity contribution in [2.24, 2.45) is 0 Å². The third-order valence-electron chi connectivity index (χ3n) is 9.52. The first-order valence-electron chi connectivity index (χ1n) is 14.1. The molecule has 6 nitrogen and oxygen atoms in total. The fourth-order valence-corrected chi connectivity index (χ4v) is 6.35. The molecule has 1 unspecified atom stereocenters. The predicted octanol–water partition coefficient (Wildman–Crippen LogP) is -3.30. The van der Waals surface area contributed by atoms with Gasteiger partial charge in [0.15, 0.2) is 0 Å². The number of halogens is 2. The Hall–Kier alpha value is -2.74. The van der Waals surface area contributed by atoms with Gasteiger partial charge in [-0.25, -0.2) is 14.4 Å². The lowest BCUT2D eigenvalue weighted by Gasteiger charge is -2.69. The van der Waals surface area contributed by atoms with Crippen LogP contribution < -0.4 is 9.64 Å². The molecule has 5 rings (SSSR count). The summed E-state index contributed by atoms with van der Waals surface area (Å²) in [6, 6.07) is 15.8. The zero-order chi connectivity index (χ0) is 30.8. The molecular formula is C26H31B8ClFN3O3. The van der Waals surface area contributed by atoms with Crippen LogP contribution in [0.2, 0.25) is 5.02 Å². The van der Waals surface area contributed by atoms with Gasteiger partial charge in [0.05, 0.1) is 18.3 Å². The molecule has 0 amide bonds. The second kappa shape index (κ2) is 10.5. The third kappa shape index (κ3) is 4.87. The highest BCUT2D eigenvalue weighted by atomic mass is 35.5. The van der Waals surface area contributed by atoms with Crippen LogP contribution in [0.25, 0.3) is 22.2 Å². The van der Waals surface area contributed by atoms with Crippen molar-refractivity contribution in [3.05, 3.63) is 82.9 Å². The largest absolute Gasteiger partial charge is 0.497 e. The van der Waals surface area contributed by atoms with Crippen LogP contribution in [-0.4, -0.2) is 106 Å². The van der Waals surface area contributed by atoms with Crippen molar-refractivity contribution in [2.75, 3.05) is 12.0 Å². The van der Waals surface area contributed by atoms with E-state index in [1.54, 1.807) is 37.4 Å². The van der Waals surface area contributed by atoms with Crippen molar-refractivity contribution >= 4 is 91.0 Å². The number of aliphatic hydroxyl groups excluding tert-OH is 1. The molecule has 1 saturated heterocycles. The highest BCUT2D eigenvalue weighted by Crippen LogP contribution is 2.44. The Labute approximate surface area is 258 Å².